The normalized spacial score (nSPS) is 17.3. The molecule has 4 heterocycles. The average molecular weight is 791 g/mol. The Kier molecular flexibility index (Phi) is 12.7. The van der Waals surface area contributed by atoms with Gasteiger partial charge in [0.15, 0.2) is 0 Å². The van der Waals surface area contributed by atoms with Crippen LogP contribution in [0.4, 0.5) is 0 Å². The first kappa shape index (κ1) is 39.8. The van der Waals surface area contributed by atoms with E-state index in [1.807, 2.05) is 84.2 Å². The Bertz CT molecular complexity index is 2210. The summed E-state index contributed by atoms with van der Waals surface area (Å²) in [6.07, 6.45) is 4.21. The summed E-state index contributed by atoms with van der Waals surface area (Å²) < 4.78 is 1.06. The highest BCUT2D eigenvalue weighted by atomic mass is 32.1. The number of fused-ring (bicyclic) bond motifs is 2. The van der Waals surface area contributed by atoms with Crippen LogP contribution >= 0.6 is 11.3 Å². The molecule has 2 aliphatic heterocycles. The zero-order chi connectivity index (χ0) is 39.8. The maximum atomic E-state index is 14.6. The number of nitrogens with two attached hydrogens (primary N) is 1. The van der Waals surface area contributed by atoms with Crippen LogP contribution in [0.3, 0.4) is 0 Å². The molecule has 0 spiro atoms. The Labute approximate surface area is 335 Å². The minimum absolute atomic E-state index is 0.0788. The van der Waals surface area contributed by atoms with Crippen molar-refractivity contribution in [2.24, 2.45) is 11.7 Å². The van der Waals surface area contributed by atoms with E-state index in [9.17, 15) is 24.0 Å². The maximum absolute atomic E-state index is 14.6. The smallest absolute Gasteiger partial charge is 0.249 e. The SMILES string of the molecule is NC1(C(=O)NC(=O)[C@H](Cc2ccccc2)NC(=O)[C@@H](Cc2c[nH]c3ccccc23)NC(=O)[C@@H](Cc2csc3ccccc23)NC(=O)C2CCNCC2)CCNCC1. The number of carbonyl (C=O) groups excluding carboxylic acids is 5. The second-order valence-electron chi connectivity index (χ2n) is 15.1. The molecule has 0 unspecified atom stereocenters. The van der Waals surface area contributed by atoms with Crippen LogP contribution in [0.1, 0.15) is 42.4 Å². The van der Waals surface area contributed by atoms with E-state index in [2.05, 4.69) is 36.9 Å². The highest BCUT2D eigenvalue weighted by molar-refractivity contribution is 7.17. The molecule has 5 aromatic rings. The molecule has 2 fully saturated rings. The Balaban J connectivity index is 1.17. The van der Waals surface area contributed by atoms with E-state index in [1.165, 1.54) is 0 Å². The van der Waals surface area contributed by atoms with E-state index in [-0.39, 0.29) is 31.1 Å². The van der Waals surface area contributed by atoms with E-state index in [4.69, 9.17) is 5.73 Å². The number of rotatable bonds is 14. The van der Waals surface area contributed by atoms with E-state index in [1.54, 1.807) is 17.5 Å². The number of amides is 5. The molecule has 0 bridgehead atoms. The van der Waals surface area contributed by atoms with Gasteiger partial charge in [0.1, 0.15) is 18.1 Å². The van der Waals surface area contributed by atoms with Crippen LogP contribution in [0.2, 0.25) is 0 Å². The largest absolute Gasteiger partial charge is 0.361 e. The molecule has 2 aromatic heterocycles. The second kappa shape index (κ2) is 18.2. The van der Waals surface area contributed by atoms with Gasteiger partial charge in [0.05, 0.1) is 5.54 Å². The number of hydrogen-bond acceptors (Lipinski definition) is 9. The summed E-state index contributed by atoms with van der Waals surface area (Å²) in [6.45, 7) is 2.51. The monoisotopic (exact) mass is 790 g/mol. The van der Waals surface area contributed by atoms with Gasteiger partial charge in [-0.3, -0.25) is 29.3 Å². The summed E-state index contributed by atoms with van der Waals surface area (Å²) in [4.78, 5) is 73.3. The van der Waals surface area contributed by atoms with Crippen molar-refractivity contribution in [1.82, 2.24) is 36.9 Å². The van der Waals surface area contributed by atoms with Crippen LogP contribution < -0.4 is 37.6 Å². The molecule has 2 saturated heterocycles. The average Bonchev–Trinajstić information content (AvgIpc) is 3.84. The molecule has 2 aliphatic rings. The van der Waals surface area contributed by atoms with Crippen molar-refractivity contribution in [2.75, 3.05) is 26.2 Å². The number of imide groups is 1. The summed E-state index contributed by atoms with van der Waals surface area (Å²) >= 11 is 1.57. The zero-order valence-electron chi connectivity index (χ0n) is 31.8. The van der Waals surface area contributed by atoms with Gasteiger partial charge >= 0.3 is 0 Å². The molecule has 5 amide bonds. The van der Waals surface area contributed by atoms with Crippen LogP contribution in [0.15, 0.2) is 90.4 Å². The summed E-state index contributed by atoms with van der Waals surface area (Å²) in [5, 5.41) is 21.7. The van der Waals surface area contributed by atoms with E-state index < -0.39 is 47.3 Å². The lowest BCUT2D eigenvalue weighted by molar-refractivity contribution is -0.137. The fourth-order valence-corrected chi connectivity index (χ4v) is 8.73. The first-order chi connectivity index (χ1) is 27.7. The predicted molar refractivity (Wildman–Crippen MR) is 221 cm³/mol. The van der Waals surface area contributed by atoms with Crippen molar-refractivity contribution in [2.45, 2.75) is 68.6 Å². The number of benzene rings is 3. The Morgan fingerprint density at radius 1 is 0.684 bits per heavy atom. The second-order valence-corrected chi connectivity index (χ2v) is 16.1. The first-order valence-electron chi connectivity index (χ1n) is 19.7. The highest BCUT2D eigenvalue weighted by Crippen LogP contribution is 2.27. The maximum Gasteiger partial charge on any atom is 0.249 e. The minimum atomic E-state index is -1.23. The molecule has 3 aromatic carbocycles. The quantitative estimate of drug-likeness (QED) is 0.0840. The van der Waals surface area contributed by atoms with Crippen molar-refractivity contribution in [3.05, 3.63) is 107 Å². The molecule has 57 heavy (non-hydrogen) atoms. The van der Waals surface area contributed by atoms with Crippen LogP contribution in [0, 0.1) is 5.92 Å². The molecule has 3 atom stereocenters. The standard InChI is InChI=1S/C43H50N8O5S/c44-43(16-20-46-21-17-43)42(56)51-41(55)34(22-27-8-2-1-3-9-27)49-39(53)35(23-29-25-47-33-12-6-4-10-31(29)33)50-40(54)36(48-38(52)28-14-18-45-19-15-28)24-30-26-57-37-13-7-5-11-32(30)37/h1-13,25-26,28,34-36,45-47H,14-24,44H2,(H,48,52)(H,49,53)(H,50,54)(H,51,55,56)/t34-,35+,36+/m0/s1. The third-order valence-corrected chi connectivity index (χ3v) is 12.2. The molecule has 13 nitrogen and oxygen atoms in total. The van der Waals surface area contributed by atoms with E-state index >= 15 is 0 Å². The van der Waals surface area contributed by atoms with Crippen molar-refractivity contribution in [3.63, 3.8) is 0 Å². The lowest BCUT2D eigenvalue weighted by atomic mass is 9.88. The third kappa shape index (κ3) is 9.77. The molecular formula is C43H50N8O5S. The van der Waals surface area contributed by atoms with Gasteiger partial charge in [-0.2, -0.15) is 0 Å². The first-order valence-corrected chi connectivity index (χ1v) is 20.6. The van der Waals surface area contributed by atoms with Crippen molar-refractivity contribution in [3.8, 4) is 0 Å². The number of nitrogens with one attached hydrogen (secondary N) is 7. The topological polar surface area (TPSA) is 199 Å². The number of para-hydroxylation sites is 1. The van der Waals surface area contributed by atoms with Crippen LogP contribution in [0.25, 0.3) is 21.0 Å². The molecule has 9 N–H and O–H groups in total. The number of aromatic nitrogens is 1. The van der Waals surface area contributed by atoms with Gasteiger partial charge in [0.2, 0.25) is 29.5 Å². The van der Waals surface area contributed by atoms with Gasteiger partial charge in [0, 0.05) is 47.0 Å². The van der Waals surface area contributed by atoms with Gasteiger partial charge in [-0.05, 0) is 91.5 Å². The fourth-order valence-electron chi connectivity index (χ4n) is 7.75. The lowest BCUT2D eigenvalue weighted by Crippen LogP contribution is -2.63. The summed E-state index contributed by atoms with van der Waals surface area (Å²) in [5.74, 6) is -2.89. The van der Waals surface area contributed by atoms with Crippen LogP contribution in [-0.2, 0) is 43.2 Å². The molecule has 0 radical (unpaired) electrons. The summed E-state index contributed by atoms with van der Waals surface area (Å²) in [5.41, 5.74) is 8.53. The predicted octanol–water partition coefficient (Wildman–Crippen LogP) is 2.59. The Morgan fingerprint density at radius 3 is 2.02 bits per heavy atom. The van der Waals surface area contributed by atoms with Crippen LogP contribution in [-0.4, -0.2) is 84.4 Å². The number of piperidine rings is 2. The third-order valence-electron chi connectivity index (χ3n) is 11.2. The fraction of sp³-hybridized carbons (Fsp3) is 0.372. The van der Waals surface area contributed by atoms with Gasteiger partial charge in [0.25, 0.3) is 0 Å². The number of H-pyrrole nitrogens is 1. The number of aromatic amines is 1. The van der Waals surface area contributed by atoms with Gasteiger partial charge < -0.3 is 37.3 Å². The van der Waals surface area contributed by atoms with Gasteiger partial charge in [-0.15, -0.1) is 11.3 Å². The molecule has 0 saturated carbocycles. The molecule has 0 aliphatic carbocycles. The number of carbonyl (C=O) groups is 5. The van der Waals surface area contributed by atoms with Crippen LogP contribution in [0.5, 0.6) is 0 Å². The molecule has 14 heteroatoms. The molecule has 7 rings (SSSR count). The van der Waals surface area contributed by atoms with Crippen molar-refractivity contribution >= 4 is 61.9 Å². The summed E-state index contributed by atoms with van der Waals surface area (Å²) in [7, 11) is 0. The highest BCUT2D eigenvalue weighted by Gasteiger charge is 2.38. The Hall–Kier alpha value is -5.41. The number of hydrogen-bond donors (Lipinski definition) is 8. The van der Waals surface area contributed by atoms with Crippen molar-refractivity contribution in [1.29, 1.82) is 0 Å². The Morgan fingerprint density at radius 2 is 1.28 bits per heavy atom. The van der Waals surface area contributed by atoms with Crippen molar-refractivity contribution < 1.29 is 24.0 Å². The van der Waals surface area contributed by atoms with E-state index in [0.29, 0.717) is 51.9 Å². The van der Waals surface area contributed by atoms with Gasteiger partial charge in [-0.25, -0.2) is 0 Å². The number of thiophene rings is 1. The minimum Gasteiger partial charge on any atom is -0.361 e. The van der Waals surface area contributed by atoms with E-state index in [0.717, 1.165) is 37.7 Å². The zero-order valence-corrected chi connectivity index (χ0v) is 32.6. The lowest BCUT2D eigenvalue weighted by Gasteiger charge is -2.32. The summed E-state index contributed by atoms with van der Waals surface area (Å²) in [6, 6.07) is 21.4. The molecular weight excluding hydrogens is 741 g/mol. The van der Waals surface area contributed by atoms with Gasteiger partial charge in [-0.1, -0.05) is 66.7 Å². The molecule has 298 valence electrons.